The fourth-order valence-corrected chi connectivity index (χ4v) is 2.58. The molecule has 0 saturated carbocycles. The molecule has 1 fully saturated rings. The standard InChI is InChI=1S/C13H20N4O2/c1-15-4-2-5-16(8-7-15)13(18)11-10-12-17(14-11)6-3-9-19-12/h10H,2-9H2,1H3. The molecule has 1 saturated heterocycles. The smallest absolute Gasteiger partial charge is 0.274 e. The number of aryl methyl sites for hydroxylation is 1. The van der Waals surface area contributed by atoms with Crippen molar-refractivity contribution in [1.29, 1.82) is 0 Å². The molecule has 6 nitrogen and oxygen atoms in total. The van der Waals surface area contributed by atoms with Gasteiger partial charge in [-0.3, -0.25) is 4.79 Å². The second kappa shape index (κ2) is 5.21. The Morgan fingerprint density at radius 3 is 2.95 bits per heavy atom. The molecule has 0 spiro atoms. The van der Waals surface area contributed by atoms with Crippen LogP contribution in [0, 0.1) is 0 Å². The zero-order chi connectivity index (χ0) is 13.2. The predicted octanol–water partition coefficient (Wildman–Crippen LogP) is 0.443. The van der Waals surface area contributed by atoms with Crippen molar-refractivity contribution >= 4 is 5.91 Å². The molecule has 104 valence electrons. The minimum absolute atomic E-state index is 0.0285. The van der Waals surface area contributed by atoms with Crippen LogP contribution in [-0.4, -0.2) is 65.3 Å². The zero-order valence-electron chi connectivity index (χ0n) is 11.3. The third-order valence-electron chi connectivity index (χ3n) is 3.73. The summed E-state index contributed by atoms with van der Waals surface area (Å²) in [6.07, 6.45) is 1.98. The third kappa shape index (κ3) is 2.58. The highest BCUT2D eigenvalue weighted by atomic mass is 16.5. The van der Waals surface area contributed by atoms with Crippen molar-refractivity contribution in [3.05, 3.63) is 11.8 Å². The highest BCUT2D eigenvalue weighted by Crippen LogP contribution is 2.19. The molecule has 1 amide bonds. The lowest BCUT2D eigenvalue weighted by atomic mass is 10.3. The van der Waals surface area contributed by atoms with E-state index in [0.717, 1.165) is 51.4 Å². The summed E-state index contributed by atoms with van der Waals surface area (Å²) >= 11 is 0. The number of hydrogen-bond acceptors (Lipinski definition) is 4. The number of fused-ring (bicyclic) bond motifs is 1. The molecular formula is C13H20N4O2. The molecular weight excluding hydrogens is 244 g/mol. The fraction of sp³-hybridized carbons (Fsp3) is 0.692. The predicted molar refractivity (Wildman–Crippen MR) is 70.4 cm³/mol. The lowest BCUT2D eigenvalue weighted by molar-refractivity contribution is 0.0756. The molecule has 0 N–H and O–H groups in total. The summed E-state index contributed by atoms with van der Waals surface area (Å²) in [5, 5.41) is 4.36. The highest BCUT2D eigenvalue weighted by Gasteiger charge is 2.23. The average molecular weight is 264 g/mol. The van der Waals surface area contributed by atoms with Gasteiger partial charge in [0.15, 0.2) is 5.69 Å². The Morgan fingerprint density at radius 2 is 2.11 bits per heavy atom. The molecule has 1 aromatic heterocycles. The molecule has 0 atom stereocenters. The number of carbonyl (C=O) groups excluding carboxylic acids is 1. The molecule has 0 unspecified atom stereocenters. The van der Waals surface area contributed by atoms with Crippen molar-refractivity contribution in [2.24, 2.45) is 0 Å². The summed E-state index contributed by atoms with van der Waals surface area (Å²) in [6.45, 7) is 5.12. The molecule has 3 rings (SSSR count). The molecule has 2 aliphatic rings. The number of hydrogen-bond donors (Lipinski definition) is 0. The van der Waals surface area contributed by atoms with E-state index in [1.54, 1.807) is 10.7 Å². The van der Waals surface area contributed by atoms with Crippen LogP contribution in [0.15, 0.2) is 6.07 Å². The molecule has 0 aliphatic carbocycles. The van der Waals surface area contributed by atoms with Gasteiger partial charge in [-0.1, -0.05) is 0 Å². The van der Waals surface area contributed by atoms with E-state index in [1.807, 2.05) is 4.90 Å². The first kappa shape index (κ1) is 12.5. The maximum atomic E-state index is 12.5. The molecule has 0 bridgehead atoms. The summed E-state index contributed by atoms with van der Waals surface area (Å²) in [6, 6.07) is 1.77. The van der Waals surface area contributed by atoms with E-state index >= 15 is 0 Å². The van der Waals surface area contributed by atoms with E-state index in [9.17, 15) is 4.79 Å². The monoisotopic (exact) mass is 264 g/mol. The Kier molecular flexibility index (Phi) is 3.42. The van der Waals surface area contributed by atoms with Crippen LogP contribution in [0.4, 0.5) is 0 Å². The Labute approximate surface area is 112 Å². The molecule has 0 radical (unpaired) electrons. The normalized spacial score (nSPS) is 20.6. The van der Waals surface area contributed by atoms with Crippen LogP contribution in [0.3, 0.4) is 0 Å². The molecule has 3 heterocycles. The van der Waals surface area contributed by atoms with Gasteiger partial charge in [0.25, 0.3) is 5.91 Å². The van der Waals surface area contributed by atoms with Crippen LogP contribution in [0.25, 0.3) is 0 Å². The number of likely N-dealkylation sites (N-methyl/N-ethyl adjacent to an activating group) is 1. The number of aromatic nitrogens is 2. The summed E-state index contributed by atoms with van der Waals surface area (Å²) in [4.78, 5) is 16.6. The Morgan fingerprint density at radius 1 is 1.21 bits per heavy atom. The molecule has 19 heavy (non-hydrogen) atoms. The van der Waals surface area contributed by atoms with Crippen molar-refractivity contribution in [2.45, 2.75) is 19.4 Å². The number of ether oxygens (including phenoxy) is 1. The first-order chi connectivity index (χ1) is 9.24. The first-order valence-corrected chi connectivity index (χ1v) is 6.92. The first-order valence-electron chi connectivity index (χ1n) is 6.92. The van der Waals surface area contributed by atoms with Crippen LogP contribution >= 0.6 is 0 Å². The van der Waals surface area contributed by atoms with E-state index in [-0.39, 0.29) is 5.91 Å². The van der Waals surface area contributed by atoms with Gasteiger partial charge in [-0.25, -0.2) is 4.68 Å². The lowest BCUT2D eigenvalue weighted by Gasteiger charge is -2.19. The van der Waals surface area contributed by atoms with Crippen LogP contribution < -0.4 is 4.74 Å². The third-order valence-corrected chi connectivity index (χ3v) is 3.73. The van der Waals surface area contributed by atoms with E-state index in [0.29, 0.717) is 12.3 Å². The Bertz CT molecular complexity index is 448. The van der Waals surface area contributed by atoms with Gasteiger partial charge in [-0.15, -0.1) is 0 Å². The molecule has 6 heteroatoms. The maximum Gasteiger partial charge on any atom is 0.274 e. The number of carbonyl (C=O) groups is 1. The van der Waals surface area contributed by atoms with E-state index in [4.69, 9.17) is 4.74 Å². The van der Waals surface area contributed by atoms with Crippen molar-refractivity contribution in [2.75, 3.05) is 39.8 Å². The number of amides is 1. The van der Waals surface area contributed by atoms with Gasteiger partial charge in [0, 0.05) is 38.7 Å². The zero-order valence-corrected chi connectivity index (χ0v) is 11.3. The van der Waals surface area contributed by atoms with Gasteiger partial charge < -0.3 is 14.5 Å². The summed E-state index contributed by atoms with van der Waals surface area (Å²) in [5.74, 6) is 0.752. The van der Waals surface area contributed by atoms with Gasteiger partial charge in [0.05, 0.1) is 6.61 Å². The van der Waals surface area contributed by atoms with Crippen LogP contribution in [0.5, 0.6) is 5.88 Å². The van der Waals surface area contributed by atoms with Crippen molar-refractivity contribution in [3.63, 3.8) is 0 Å². The average Bonchev–Trinajstić information content (AvgIpc) is 2.74. The van der Waals surface area contributed by atoms with E-state index < -0.39 is 0 Å². The largest absolute Gasteiger partial charge is 0.478 e. The molecule has 2 aliphatic heterocycles. The lowest BCUT2D eigenvalue weighted by Crippen LogP contribution is -2.34. The van der Waals surface area contributed by atoms with E-state index in [2.05, 4.69) is 17.0 Å². The van der Waals surface area contributed by atoms with Crippen molar-refractivity contribution in [3.8, 4) is 5.88 Å². The number of rotatable bonds is 1. The minimum Gasteiger partial charge on any atom is -0.478 e. The quantitative estimate of drug-likeness (QED) is 0.738. The van der Waals surface area contributed by atoms with Crippen LogP contribution in [0.1, 0.15) is 23.3 Å². The van der Waals surface area contributed by atoms with Gasteiger partial charge in [-0.2, -0.15) is 5.10 Å². The van der Waals surface area contributed by atoms with Crippen LogP contribution in [0.2, 0.25) is 0 Å². The van der Waals surface area contributed by atoms with E-state index in [1.165, 1.54) is 0 Å². The highest BCUT2D eigenvalue weighted by molar-refractivity contribution is 5.92. The maximum absolute atomic E-state index is 12.5. The molecule has 0 aromatic carbocycles. The van der Waals surface area contributed by atoms with Crippen molar-refractivity contribution in [1.82, 2.24) is 19.6 Å². The fourth-order valence-electron chi connectivity index (χ4n) is 2.58. The second-order valence-corrected chi connectivity index (χ2v) is 5.24. The van der Waals surface area contributed by atoms with Gasteiger partial charge >= 0.3 is 0 Å². The summed E-state index contributed by atoms with van der Waals surface area (Å²) in [5.41, 5.74) is 0.515. The van der Waals surface area contributed by atoms with Crippen LogP contribution in [-0.2, 0) is 6.54 Å². The summed E-state index contributed by atoms with van der Waals surface area (Å²) in [7, 11) is 2.09. The number of nitrogens with zero attached hydrogens (tertiary/aromatic N) is 4. The minimum atomic E-state index is 0.0285. The second-order valence-electron chi connectivity index (χ2n) is 5.24. The SMILES string of the molecule is CN1CCCN(C(=O)c2cc3n(n2)CCCO3)CC1. The Balaban J connectivity index is 1.74. The van der Waals surface area contributed by atoms with Gasteiger partial charge in [0.2, 0.25) is 5.88 Å². The van der Waals surface area contributed by atoms with Gasteiger partial charge in [0.1, 0.15) is 0 Å². The topological polar surface area (TPSA) is 50.6 Å². The molecule has 1 aromatic rings. The van der Waals surface area contributed by atoms with Gasteiger partial charge in [-0.05, 0) is 20.0 Å². The van der Waals surface area contributed by atoms with Crippen molar-refractivity contribution < 1.29 is 9.53 Å². The Hall–Kier alpha value is -1.56. The summed E-state index contributed by atoms with van der Waals surface area (Å²) < 4.78 is 7.30.